The van der Waals surface area contributed by atoms with E-state index in [1.165, 1.54) is 7.11 Å². The number of aromatic hydroxyl groups is 1. The van der Waals surface area contributed by atoms with Crippen LogP contribution in [0.25, 0.3) is 0 Å². The molecule has 0 fully saturated rings. The molecule has 0 heterocycles. The molecule has 122 valence electrons. The van der Waals surface area contributed by atoms with Crippen molar-refractivity contribution in [2.45, 2.75) is 45.8 Å². The third-order valence-corrected chi connectivity index (χ3v) is 2.88. The monoisotopic (exact) mass is 309 g/mol. The van der Waals surface area contributed by atoms with E-state index >= 15 is 0 Å². The summed E-state index contributed by atoms with van der Waals surface area (Å²) < 4.78 is 9.86. The third kappa shape index (κ3) is 5.63. The van der Waals surface area contributed by atoms with Gasteiger partial charge in [-0.25, -0.2) is 9.59 Å². The van der Waals surface area contributed by atoms with Crippen LogP contribution >= 0.6 is 0 Å². The van der Waals surface area contributed by atoms with Crippen LogP contribution in [0.1, 0.15) is 31.9 Å². The van der Waals surface area contributed by atoms with Crippen molar-refractivity contribution in [2.24, 2.45) is 0 Å². The summed E-state index contributed by atoms with van der Waals surface area (Å²) in [5.74, 6) is -0.380. The van der Waals surface area contributed by atoms with Crippen molar-refractivity contribution in [3.8, 4) is 5.75 Å². The maximum absolute atomic E-state index is 11.8. The second-order valence-electron chi connectivity index (χ2n) is 6.05. The fourth-order valence-corrected chi connectivity index (χ4v) is 1.87. The smallest absolute Gasteiger partial charge is 0.408 e. The number of aryl methyl sites for hydroxylation is 1. The molecule has 1 aromatic carbocycles. The molecule has 0 aliphatic carbocycles. The van der Waals surface area contributed by atoms with Crippen LogP contribution in [-0.4, -0.2) is 35.9 Å². The topological polar surface area (TPSA) is 84.9 Å². The Bertz CT molecular complexity index is 548. The van der Waals surface area contributed by atoms with Gasteiger partial charge in [-0.05, 0) is 44.9 Å². The van der Waals surface area contributed by atoms with E-state index in [9.17, 15) is 14.7 Å². The predicted molar refractivity (Wildman–Crippen MR) is 81.7 cm³/mol. The molecule has 0 saturated heterocycles. The molecule has 22 heavy (non-hydrogen) atoms. The van der Waals surface area contributed by atoms with E-state index in [1.807, 2.05) is 0 Å². The van der Waals surface area contributed by atoms with E-state index in [2.05, 4.69) is 5.32 Å². The van der Waals surface area contributed by atoms with Gasteiger partial charge in [0.1, 0.15) is 17.4 Å². The first-order valence-corrected chi connectivity index (χ1v) is 6.98. The van der Waals surface area contributed by atoms with Gasteiger partial charge in [-0.1, -0.05) is 12.1 Å². The molecule has 0 spiro atoms. The lowest BCUT2D eigenvalue weighted by Gasteiger charge is -2.22. The molecule has 1 rings (SSSR count). The number of hydrogen-bond acceptors (Lipinski definition) is 5. The number of phenolic OH excluding ortho intramolecular Hbond substituents is 1. The molecular weight excluding hydrogens is 286 g/mol. The van der Waals surface area contributed by atoms with Crippen LogP contribution in [0.3, 0.4) is 0 Å². The van der Waals surface area contributed by atoms with E-state index < -0.39 is 23.7 Å². The molecule has 6 nitrogen and oxygen atoms in total. The number of nitrogens with one attached hydrogen (secondary N) is 1. The Morgan fingerprint density at radius 1 is 1.32 bits per heavy atom. The number of esters is 1. The van der Waals surface area contributed by atoms with Crippen molar-refractivity contribution in [3.63, 3.8) is 0 Å². The van der Waals surface area contributed by atoms with Crippen molar-refractivity contribution < 1.29 is 24.2 Å². The van der Waals surface area contributed by atoms with Gasteiger partial charge in [-0.2, -0.15) is 0 Å². The Kier molecular flexibility index (Phi) is 5.79. The molecule has 0 bridgehead atoms. The highest BCUT2D eigenvalue weighted by atomic mass is 16.6. The van der Waals surface area contributed by atoms with Crippen LogP contribution in [0.2, 0.25) is 0 Å². The molecule has 0 unspecified atom stereocenters. The van der Waals surface area contributed by atoms with Gasteiger partial charge in [0.2, 0.25) is 0 Å². The fourth-order valence-electron chi connectivity index (χ4n) is 1.87. The maximum Gasteiger partial charge on any atom is 0.408 e. The summed E-state index contributed by atoms with van der Waals surface area (Å²) >= 11 is 0. The van der Waals surface area contributed by atoms with E-state index in [0.717, 1.165) is 5.56 Å². The van der Waals surface area contributed by atoms with Crippen molar-refractivity contribution in [1.82, 2.24) is 5.32 Å². The molecule has 0 radical (unpaired) electrons. The summed E-state index contributed by atoms with van der Waals surface area (Å²) in [6.45, 7) is 6.97. The molecule has 2 N–H and O–H groups in total. The first-order chi connectivity index (χ1) is 10.1. The Morgan fingerprint density at radius 3 is 2.45 bits per heavy atom. The van der Waals surface area contributed by atoms with Crippen molar-refractivity contribution in [2.75, 3.05) is 7.11 Å². The lowest BCUT2D eigenvalue weighted by Crippen LogP contribution is -2.45. The quantitative estimate of drug-likeness (QED) is 0.834. The van der Waals surface area contributed by atoms with Crippen LogP contribution < -0.4 is 5.32 Å². The number of phenols is 1. The number of carbonyl (C=O) groups excluding carboxylic acids is 2. The molecule has 0 aliphatic rings. The van der Waals surface area contributed by atoms with Crippen molar-refractivity contribution in [1.29, 1.82) is 0 Å². The zero-order valence-corrected chi connectivity index (χ0v) is 13.6. The molecular formula is C16H23NO5. The standard InChI is InChI=1S/C16H23NO5/c1-10-8-11(6-7-13(10)18)9-12(14(19)21-5)17-15(20)22-16(2,3)4/h6-8,12,18H,9H2,1-5H3,(H,17,20)/t12-/m0/s1. The first-order valence-electron chi connectivity index (χ1n) is 6.98. The average Bonchev–Trinajstić information content (AvgIpc) is 2.39. The summed E-state index contributed by atoms with van der Waals surface area (Å²) in [6, 6.07) is 4.13. The van der Waals surface area contributed by atoms with Crippen LogP contribution in [0, 0.1) is 6.92 Å². The Morgan fingerprint density at radius 2 is 1.95 bits per heavy atom. The van der Waals surface area contributed by atoms with E-state index in [4.69, 9.17) is 9.47 Å². The highest BCUT2D eigenvalue weighted by Gasteiger charge is 2.25. The number of methoxy groups -OCH3 is 1. The van der Waals surface area contributed by atoms with Gasteiger partial charge in [0.05, 0.1) is 7.11 Å². The minimum atomic E-state index is -0.858. The highest BCUT2D eigenvalue weighted by Crippen LogP contribution is 2.18. The molecule has 0 aromatic heterocycles. The maximum atomic E-state index is 11.8. The number of benzene rings is 1. The number of carbonyl (C=O) groups is 2. The average molecular weight is 309 g/mol. The zero-order valence-electron chi connectivity index (χ0n) is 13.6. The van der Waals surface area contributed by atoms with Gasteiger partial charge >= 0.3 is 12.1 Å². The van der Waals surface area contributed by atoms with Gasteiger partial charge in [-0.3, -0.25) is 0 Å². The van der Waals surface area contributed by atoms with Gasteiger partial charge in [0.25, 0.3) is 0 Å². The second-order valence-corrected chi connectivity index (χ2v) is 6.05. The van der Waals surface area contributed by atoms with Crippen LogP contribution in [0.5, 0.6) is 5.75 Å². The van der Waals surface area contributed by atoms with Gasteiger partial charge in [-0.15, -0.1) is 0 Å². The molecule has 1 atom stereocenters. The third-order valence-electron chi connectivity index (χ3n) is 2.88. The molecule has 6 heteroatoms. The lowest BCUT2D eigenvalue weighted by atomic mass is 10.0. The van der Waals surface area contributed by atoms with Crippen LogP contribution in [0.15, 0.2) is 18.2 Å². The molecule has 1 amide bonds. The van der Waals surface area contributed by atoms with Crippen molar-refractivity contribution in [3.05, 3.63) is 29.3 Å². The van der Waals surface area contributed by atoms with Gasteiger partial charge < -0.3 is 19.9 Å². The summed E-state index contributed by atoms with van der Waals surface area (Å²) in [4.78, 5) is 23.6. The minimum absolute atomic E-state index is 0.179. The molecule has 0 saturated carbocycles. The normalized spacial score (nSPS) is 12.4. The summed E-state index contributed by atoms with van der Waals surface area (Å²) in [5, 5.41) is 12.0. The SMILES string of the molecule is COC(=O)[C@H](Cc1ccc(O)c(C)c1)NC(=O)OC(C)(C)C. The summed E-state index contributed by atoms with van der Waals surface area (Å²) in [6.07, 6.45) is -0.439. The Hall–Kier alpha value is -2.24. The number of amides is 1. The first kappa shape index (κ1) is 17.8. The molecule has 0 aliphatic heterocycles. The Balaban J connectivity index is 2.82. The fraction of sp³-hybridized carbons (Fsp3) is 0.500. The number of alkyl carbamates (subject to hydrolysis) is 1. The van der Waals surface area contributed by atoms with Gasteiger partial charge in [0, 0.05) is 6.42 Å². The predicted octanol–water partition coefficient (Wildman–Crippen LogP) is 2.31. The number of hydrogen-bond donors (Lipinski definition) is 2. The lowest BCUT2D eigenvalue weighted by molar-refractivity contribution is -0.143. The van der Waals surface area contributed by atoms with Crippen molar-refractivity contribution >= 4 is 12.1 Å². The van der Waals surface area contributed by atoms with Crippen LogP contribution in [0.4, 0.5) is 4.79 Å². The Labute approximate surface area is 130 Å². The summed E-state index contributed by atoms with van der Waals surface area (Å²) in [7, 11) is 1.26. The zero-order chi connectivity index (χ0) is 16.9. The number of ether oxygens (including phenoxy) is 2. The largest absolute Gasteiger partial charge is 0.508 e. The highest BCUT2D eigenvalue weighted by molar-refractivity contribution is 5.81. The number of rotatable bonds is 4. The van der Waals surface area contributed by atoms with E-state index in [-0.39, 0.29) is 12.2 Å². The summed E-state index contributed by atoms with van der Waals surface area (Å²) in [5.41, 5.74) is 0.833. The van der Waals surface area contributed by atoms with E-state index in [0.29, 0.717) is 5.56 Å². The van der Waals surface area contributed by atoms with E-state index in [1.54, 1.807) is 45.9 Å². The van der Waals surface area contributed by atoms with Crippen LogP contribution in [-0.2, 0) is 20.7 Å². The molecule has 1 aromatic rings. The second kappa shape index (κ2) is 7.15. The minimum Gasteiger partial charge on any atom is -0.508 e. The van der Waals surface area contributed by atoms with Gasteiger partial charge in [0.15, 0.2) is 0 Å².